The number of hydrogen-bond acceptors (Lipinski definition) is 2. The molecule has 0 amide bonds. The molecule has 0 aliphatic heterocycles. The van der Waals surface area contributed by atoms with Gasteiger partial charge in [0.2, 0.25) is 0 Å². The number of ether oxygens (including phenoxy) is 1. The largest absolute Gasteiger partial charge is 0.495 e. The van der Waals surface area contributed by atoms with Gasteiger partial charge in [0.15, 0.2) is 0 Å². The van der Waals surface area contributed by atoms with E-state index in [4.69, 9.17) is 27.9 Å². The van der Waals surface area contributed by atoms with Gasteiger partial charge >= 0.3 is 5.97 Å². The summed E-state index contributed by atoms with van der Waals surface area (Å²) in [6.07, 6.45) is 1.84. The number of carbonyl (C=O) groups is 1. The molecule has 1 N–H and O–H groups in total. The predicted octanol–water partition coefficient (Wildman–Crippen LogP) is 3.58. The summed E-state index contributed by atoms with van der Waals surface area (Å²) in [5, 5.41) is 10.1. The van der Waals surface area contributed by atoms with Gasteiger partial charge < -0.3 is 9.84 Å². The standard InChI is InChI=1S/C12H12Cl2O3/c1-17-11-8(4-7(13)5-9(11)14)10(12(15)16)6-2-3-6/h4-6,10H,2-3H2,1H3,(H,15,16). The molecule has 1 atom stereocenters. The highest BCUT2D eigenvalue weighted by atomic mass is 35.5. The van der Waals surface area contributed by atoms with Crippen molar-refractivity contribution in [2.45, 2.75) is 18.8 Å². The van der Waals surface area contributed by atoms with E-state index in [1.165, 1.54) is 7.11 Å². The summed E-state index contributed by atoms with van der Waals surface area (Å²) in [4.78, 5) is 11.3. The predicted molar refractivity (Wildman–Crippen MR) is 66.1 cm³/mol. The monoisotopic (exact) mass is 274 g/mol. The maximum absolute atomic E-state index is 11.3. The van der Waals surface area contributed by atoms with Crippen molar-refractivity contribution in [2.24, 2.45) is 5.92 Å². The van der Waals surface area contributed by atoms with Crippen LogP contribution in [0.3, 0.4) is 0 Å². The molecule has 2 rings (SSSR count). The van der Waals surface area contributed by atoms with E-state index >= 15 is 0 Å². The van der Waals surface area contributed by atoms with Gasteiger partial charge in [-0.3, -0.25) is 4.79 Å². The van der Waals surface area contributed by atoms with Crippen LogP contribution < -0.4 is 4.74 Å². The zero-order valence-corrected chi connectivity index (χ0v) is 10.8. The quantitative estimate of drug-likeness (QED) is 0.913. The van der Waals surface area contributed by atoms with Crippen LogP contribution in [0, 0.1) is 5.92 Å². The second kappa shape index (κ2) is 4.75. The van der Waals surface area contributed by atoms with E-state index in [1.807, 2.05) is 0 Å². The Bertz CT molecular complexity index is 455. The Morgan fingerprint density at radius 2 is 2.12 bits per heavy atom. The van der Waals surface area contributed by atoms with Crippen LogP contribution in [0.1, 0.15) is 24.3 Å². The van der Waals surface area contributed by atoms with E-state index in [-0.39, 0.29) is 5.92 Å². The maximum atomic E-state index is 11.3. The normalized spacial score (nSPS) is 16.6. The van der Waals surface area contributed by atoms with E-state index < -0.39 is 11.9 Å². The van der Waals surface area contributed by atoms with Gasteiger partial charge in [-0.15, -0.1) is 0 Å². The Hall–Kier alpha value is -0.930. The number of benzene rings is 1. The molecule has 92 valence electrons. The molecule has 1 aromatic carbocycles. The van der Waals surface area contributed by atoms with Crippen LogP contribution in [0.5, 0.6) is 5.75 Å². The molecule has 0 radical (unpaired) electrons. The van der Waals surface area contributed by atoms with E-state index in [9.17, 15) is 9.90 Å². The van der Waals surface area contributed by atoms with Crippen LogP contribution in [0.15, 0.2) is 12.1 Å². The Labute approximate surface area is 109 Å². The SMILES string of the molecule is COc1c(Cl)cc(Cl)cc1C(C(=O)O)C1CC1. The maximum Gasteiger partial charge on any atom is 0.311 e. The van der Waals surface area contributed by atoms with Gasteiger partial charge in [-0.05, 0) is 30.9 Å². The van der Waals surface area contributed by atoms with Crippen LogP contribution in [0.4, 0.5) is 0 Å². The van der Waals surface area contributed by atoms with Crippen molar-refractivity contribution in [1.29, 1.82) is 0 Å². The highest BCUT2D eigenvalue weighted by Crippen LogP contribution is 2.47. The Balaban J connectivity index is 2.51. The summed E-state index contributed by atoms with van der Waals surface area (Å²) in [5.41, 5.74) is 0.569. The lowest BCUT2D eigenvalue weighted by Crippen LogP contribution is -2.15. The summed E-state index contributed by atoms with van der Waals surface area (Å²) in [7, 11) is 1.48. The van der Waals surface area contributed by atoms with Gasteiger partial charge in [-0.1, -0.05) is 23.2 Å². The molecule has 1 saturated carbocycles. The topological polar surface area (TPSA) is 46.5 Å². The zero-order valence-electron chi connectivity index (χ0n) is 9.24. The molecule has 5 heteroatoms. The van der Waals surface area contributed by atoms with E-state index in [0.717, 1.165) is 12.8 Å². The summed E-state index contributed by atoms with van der Waals surface area (Å²) >= 11 is 11.9. The molecule has 1 aliphatic carbocycles. The summed E-state index contributed by atoms with van der Waals surface area (Å²) in [6, 6.07) is 3.18. The first-order valence-electron chi connectivity index (χ1n) is 5.30. The van der Waals surface area contributed by atoms with Crippen molar-refractivity contribution < 1.29 is 14.6 Å². The fraction of sp³-hybridized carbons (Fsp3) is 0.417. The van der Waals surface area contributed by atoms with Crippen LogP contribution in [-0.4, -0.2) is 18.2 Å². The first-order chi connectivity index (χ1) is 8.04. The molecule has 1 unspecified atom stereocenters. The minimum Gasteiger partial charge on any atom is -0.495 e. The van der Waals surface area contributed by atoms with E-state index in [2.05, 4.69) is 0 Å². The van der Waals surface area contributed by atoms with Gasteiger partial charge in [0, 0.05) is 10.6 Å². The average Bonchev–Trinajstić information content (AvgIpc) is 3.01. The van der Waals surface area contributed by atoms with Crippen LogP contribution in [0.2, 0.25) is 10.0 Å². The molecule has 1 aromatic rings. The Morgan fingerprint density at radius 1 is 1.47 bits per heavy atom. The number of aliphatic carboxylic acids is 1. The molecular formula is C12H12Cl2O3. The van der Waals surface area contributed by atoms with Crippen LogP contribution in [-0.2, 0) is 4.79 Å². The summed E-state index contributed by atoms with van der Waals surface area (Å²) in [6.45, 7) is 0. The molecule has 0 heterocycles. The number of rotatable bonds is 4. The van der Waals surface area contributed by atoms with Gasteiger partial charge in [0.25, 0.3) is 0 Å². The fourth-order valence-electron chi connectivity index (χ4n) is 2.04. The second-order valence-electron chi connectivity index (χ2n) is 4.16. The Kier molecular flexibility index (Phi) is 3.50. The minimum atomic E-state index is -0.857. The van der Waals surface area contributed by atoms with Crippen LogP contribution in [0.25, 0.3) is 0 Å². The average molecular weight is 275 g/mol. The third-order valence-corrected chi connectivity index (χ3v) is 3.43. The lowest BCUT2D eigenvalue weighted by molar-refractivity contribution is -0.139. The lowest BCUT2D eigenvalue weighted by atomic mass is 9.93. The van der Waals surface area contributed by atoms with Crippen molar-refractivity contribution >= 4 is 29.2 Å². The molecule has 0 bridgehead atoms. The van der Waals surface area contributed by atoms with Crippen molar-refractivity contribution in [3.63, 3.8) is 0 Å². The second-order valence-corrected chi connectivity index (χ2v) is 5.01. The molecule has 0 saturated heterocycles. The van der Waals surface area contributed by atoms with Gasteiger partial charge in [0.05, 0.1) is 18.1 Å². The fourth-order valence-corrected chi connectivity index (χ4v) is 2.63. The van der Waals surface area contributed by atoms with Crippen molar-refractivity contribution in [2.75, 3.05) is 7.11 Å². The minimum absolute atomic E-state index is 0.163. The number of methoxy groups -OCH3 is 1. The Morgan fingerprint density at radius 3 is 2.59 bits per heavy atom. The first kappa shape index (κ1) is 12.5. The smallest absolute Gasteiger partial charge is 0.311 e. The molecule has 0 spiro atoms. The summed E-state index contributed by atoms with van der Waals surface area (Å²) in [5.74, 6) is -0.864. The van der Waals surface area contributed by atoms with Gasteiger partial charge in [0.1, 0.15) is 5.75 Å². The van der Waals surface area contributed by atoms with Crippen molar-refractivity contribution in [3.8, 4) is 5.75 Å². The summed E-state index contributed by atoms with van der Waals surface area (Å²) < 4.78 is 5.19. The molecule has 0 aromatic heterocycles. The number of hydrogen-bond donors (Lipinski definition) is 1. The molecule has 3 nitrogen and oxygen atoms in total. The van der Waals surface area contributed by atoms with Crippen molar-refractivity contribution in [3.05, 3.63) is 27.7 Å². The third kappa shape index (κ3) is 2.50. The molecule has 1 aliphatic rings. The van der Waals surface area contributed by atoms with Gasteiger partial charge in [-0.2, -0.15) is 0 Å². The number of carboxylic acids is 1. The highest BCUT2D eigenvalue weighted by molar-refractivity contribution is 6.35. The highest BCUT2D eigenvalue weighted by Gasteiger charge is 2.39. The number of carboxylic acid groups (broad SMARTS) is 1. The van der Waals surface area contributed by atoms with Crippen molar-refractivity contribution in [1.82, 2.24) is 0 Å². The molecule has 1 fully saturated rings. The third-order valence-electron chi connectivity index (χ3n) is 2.94. The van der Waals surface area contributed by atoms with Gasteiger partial charge in [-0.25, -0.2) is 0 Å². The van der Waals surface area contributed by atoms with Crippen LogP contribution >= 0.6 is 23.2 Å². The first-order valence-corrected chi connectivity index (χ1v) is 6.06. The molecular weight excluding hydrogens is 263 g/mol. The van der Waals surface area contributed by atoms with E-state index in [1.54, 1.807) is 12.1 Å². The zero-order chi connectivity index (χ0) is 12.6. The number of halogens is 2. The lowest BCUT2D eigenvalue weighted by Gasteiger charge is -2.17. The molecule has 17 heavy (non-hydrogen) atoms. The van der Waals surface area contributed by atoms with E-state index in [0.29, 0.717) is 21.4 Å².